The van der Waals surface area contributed by atoms with Gasteiger partial charge in [0.25, 0.3) is 0 Å². The molecule has 0 saturated carbocycles. The van der Waals surface area contributed by atoms with E-state index in [2.05, 4.69) is 104 Å². The summed E-state index contributed by atoms with van der Waals surface area (Å²) < 4.78 is 4.20. The second-order valence-corrected chi connectivity index (χ2v) is 8.07. The monoisotopic (exact) mass is 416 g/mol. The van der Waals surface area contributed by atoms with Gasteiger partial charge in [0.1, 0.15) is 6.67 Å². The lowest BCUT2D eigenvalue weighted by atomic mass is 10.1. The zero-order valence-electron chi connectivity index (χ0n) is 17.3. The molecule has 1 spiro atoms. The molecule has 0 bridgehead atoms. The van der Waals surface area contributed by atoms with Crippen molar-refractivity contribution in [1.82, 2.24) is 0 Å². The number of para-hydroxylation sites is 4. The maximum absolute atomic E-state index is 5.17. The van der Waals surface area contributed by atoms with E-state index < -0.39 is 5.91 Å². The van der Waals surface area contributed by atoms with Crippen molar-refractivity contribution in [2.24, 2.45) is 10.2 Å². The molecule has 0 radical (unpaired) electrons. The minimum atomic E-state index is -0.759. The van der Waals surface area contributed by atoms with E-state index in [1.54, 1.807) is 0 Å². The molecular formula is C26H20N6+2. The van der Waals surface area contributed by atoms with E-state index in [9.17, 15) is 0 Å². The Morgan fingerprint density at radius 1 is 0.531 bits per heavy atom. The number of azo groups is 4. The van der Waals surface area contributed by atoms with Crippen molar-refractivity contribution in [2.45, 2.75) is 5.91 Å². The molecule has 4 aromatic carbocycles. The van der Waals surface area contributed by atoms with Gasteiger partial charge in [-0.15, -0.1) is 0 Å². The van der Waals surface area contributed by atoms with Crippen molar-refractivity contribution in [1.29, 1.82) is 0 Å². The van der Waals surface area contributed by atoms with Crippen LogP contribution in [0.15, 0.2) is 119 Å². The number of fused-ring (bicyclic) bond motifs is 4. The van der Waals surface area contributed by atoms with Gasteiger partial charge in [0.05, 0.1) is 11.4 Å². The molecule has 6 nitrogen and oxygen atoms in total. The first kappa shape index (κ1) is 17.4. The normalized spacial score (nSPS) is 17.1. The van der Waals surface area contributed by atoms with Crippen LogP contribution in [0.3, 0.4) is 0 Å². The molecule has 7 rings (SSSR count). The lowest BCUT2D eigenvalue weighted by Gasteiger charge is -2.52. The van der Waals surface area contributed by atoms with Crippen LogP contribution in [0.4, 0.5) is 34.1 Å². The average molecular weight is 416 g/mol. The highest BCUT2D eigenvalue weighted by molar-refractivity contribution is 5.77. The Morgan fingerprint density at radius 2 is 0.938 bits per heavy atom. The van der Waals surface area contributed by atoms with E-state index in [-0.39, 0.29) is 0 Å². The molecule has 152 valence electrons. The van der Waals surface area contributed by atoms with Crippen molar-refractivity contribution < 1.29 is 9.39 Å². The SMILES string of the molecule is c1ccc([N+]2=Nc3ccccc3N3CN4c5ccccc5N=[N+](c5ccccc5)C342)cc1. The van der Waals surface area contributed by atoms with Crippen LogP contribution in [0.5, 0.6) is 0 Å². The molecule has 0 atom stereocenters. The summed E-state index contributed by atoms with van der Waals surface area (Å²) in [5.74, 6) is -0.759. The molecule has 32 heavy (non-hydrogen) atoms. The van der Waals surface area contributed by atoms with Crippen molar-refractivity contribution in [3.63, 3.8) is 0 Å². The van der Waals surface area contributed by atoms with Gasteiger partial charge in [-0.1, -0.05) is 60.7 Å². The largest absolute Gasteiger partial charge is 0.594 e. The number of benzene rings is 4. The van der Waals surface area contributed by atoms with Crippen LogP contribution in [-0.2, 0) is 0 Å². The molecule has 1 saturated heterocycles. The first-order valence-corrected chi connectivity index (χ1v) is 10.7. The maximum atomic E-state index is 5.17. The van der Waals surface area contributed by atoms with Gasteiger partial charge in [-0.05, 0) is 24.3 Å². The van der Waals surface area contributed by atoms with Crippen molar-refractivity contribution in [3.05, 3.63) is 109 Å². The fraction of sp³-hybridized carbons (Fsp3) is 0.0769. The van der Waals surface area contributed by atoms with Crippen LogP contribution in [0.1, 0.15) is 0 Å². The van der Waals surface area contributed by atoms with Crippen molar-refractivity contribution >= 4 is 34.1 Å². The molecular weight excluding hydrogens is 396 g/mol. The van der Waals surface area contributed by atoms with Crippen LogP contribution >= 0.6 is 0 Å². The summed E-state index contributed by atoms with van der Waals surface area (Å²) in [7, 11) is 0. The Hall–Kier alpha value is -4.32. The van der Waals surface area contributed by atoms with Crippen LogP contribution in [0.25, 0.3) is 0 Å². The molecule has 3 heterocycles. The van der Waals surface area contributed by atoms with E-state index in [4.69, 9.17) is 10.2 Å². The van der Waals surface area contributed by atoms with E-state index in [1.165, 1.54) is 0 Å². The maximum Gasteiger partial charge on any atom is 0.594 e. The Kier molecular flexibility index (Phi) is 3.44. The number of anilines is 2. The molecule has 0 amide bonds. The van der Waals surface area contributed by atoms with Gasteiger partial charge >= 0.3 is 5.91 Å². The Balaban J connectivity index is 1.58. The number of hydrogen-bond donors (Lipinski definition) is 0. The summed E-state index contributed by atoms with van der Waals surface area (Å²) in [6, 6.07) is 37.3. The highest BCUT2D eigenvalue weighted by Gasteiger charge is 2.79. The molecule has 0 aromatic heterocycles. The Labute approximate surface area is 185 Å². The van der Waals surface area contributed by atoms with Gasteiger partial charge in [-0.25, -0.2) is 9.80 Å². The van der Waals surface area contributed by atoms with Crippen molar-refractivity contribution in [3.8, 4) is 0 Å². The summed E-state index contributed by atoms with van der Waals surface area (Å²) in [4.78, 5) is 4.77. The predicted molar refractivity (Wildman–Crippen MR) is 122 cm³/mol. The fourth-order valence-electron chi connectivity index (χ4n) is 4.93. The Morgan fingerprint density at radius 3 is 1.41 bits per heavy atom. The topological polar surface area (TPSA) is 37.2 Å². The second kappa shape index (κ2) is 6.34. The number of rotatable bonds is 2. The quantitative estimate of drug-likeness (QED) is 0.351. The van der Waals surface area contributed by atoms with Gasteiger partial charge in [0.2, 0.25) is 11.4 Å². The molecule has 0 unspecified atom stereocenters. The van der Waals surface area contributed by atoms with Crippen LogP contribution in [0, 0.1) is 0 Å². The van der Waals surface area contributed by atoms with Gasteiger partial charge in [0.15, 0.2) is 11.4 Å². The van der Waals surface area contributed by atoms with Gasteiger partial charge < -0.3 is 0 Å². The Bertz CT molecular complexity index is 1300. The van der Waals surface area contributed by atoms with E-state index in [0.717, 1.165) is 40.8 Å². The zero-order chi connectivity index (χ0) is 21.1. The first-order valence-electron chi connectivity index (χ1n) is 10.7. The summed E-state index contributed by atoms with van der Waals surface area (Å²) in [5, 5.41) is 10.3. The third kappa shape index (κ3) is 2.13. The molecule has 3 aliphatic rings. The lowest BCUT2D eigenvalue weighted by molar-refractivity contribution is -0.826. The summed E-state index contributed by atoms with van der Waals surface area (Å²) in [6.07, 6.45) is 0. The minimum absolute atomic E-state index is 0.742. The molecule has 0 N–H and O–H groups in total. The third-order valence-electron chi connectivity index (χ3n) is 6.34. The fourth-order valence-corrected chi connectivity index (χ4v) is 4.93. The third-order valence-corrected chi connectivity index (χ3v) is 6.34. The van der Waals surface area contributed by atoms with Crippen molar-refractivity contribution in [2.75, 3.05) is 16.5 Å². The van der Waals surface area contributed by atoms with E-state index in [0.29, 0.717) is 0 Å². The lowest BCUT2D eigenvalue weighted by Crippen LogP contribution is -2.84. The predicted octanol–water partition coefficient (Wildman–Crippen LogP) is 6.47. The van der Waals surface area contributed by atoms with Gasteiger partial charge in [-0.3, -0.25) is 0 Å². The molecule has 4 aromatic rings. The second-order valence-electron chi connectivity index (χ2n) is 8.07. The van der Waals surface area contributed by atoms with Crippen LogP contribution < -0.4 is 9.80 Å². The van der Waals surface area contributed by atoms with Crippen LogP contribution in [-0.4, -0.2) is 22.0 Å². The number of hydrogen-bond acceptors (Lipinski definition) is 4. The summed E-state index contributed by atoms with van der Waals surface area (Å²) in [6.45, 7) is 0.742. The molecule has 1 fully saturated rings. The average Bonchev–Trinajstić information content (AvgIpc) is 2.84. The standard InChI is InChI=1S/C26H20N6/c1-3-11-20(12-4-1)31-26-29(24-17-9-7-15-22(24)27-31)19-30(26)25-18-10-8-16-23(25)28-32(26)21-13-5-2-6-14-21/h1-18H,19H2/q+2. The highest BCUT2D eigenvalue weighted by atomic mass is 15.8. The summed E-state index contributed by atoms with van der Waals surface area (Å²) >= 11 is 0. The first-order chi connectivity index (χ1) is 15.9. The smallest absolute Gasteiger partial charge is 0.206 e. The van der Waals surface area contributed by atoms with Gasteiger partial charge in [-0.2, -0.15) is 0 Å². The van der Waals surface area contributed by atoms with E-state index >= 15 is 0 Å². The minimum Gasteiger partial charge on any atom is -0.206 e. The zero-order valence-corrected chi connectivity index (χ0v) is 17.3. The van der Waals surface area contributed by atoms with E-state index in [1.807, 2.05) is 24.3 Å². The van der Waals surface area contributed by atoms with Crippen LogP contribution in [0.2, 0.25) is 0 Å². The van der Waals surface area contributed by atoms with Gasteiger partial charge in [0, 0.05) is 43.9 Å². The highest BCUT2D eigenvalue weighted by Crippen LogP contribution is 2.55. The summed E-state index contributed by atoms with van der Waals surface area (Å²) in [5.41, 5.74) is 6.12. The number of nitrogens with zero attached hydrogens (tertiary/aromatic N) is 6. The molecule has 3 aliphatic heterocycles. The molecule has 0 aliphatic carbocycles. The molecule has 6 heteroatoms.